The Morgan fingerprint density at radius 2 is 1.58 bits per heavy atom. The zero-order valence-electron chi connectivity index (χ0n) is 13.1. The summed E-state index contributed by atoms with van der Waals surface area (Å²) >= 11 is 11.8. The molecule has 0 saturated heterocycles. The largest absolute Gasteiger partial charge is 0.481 e. The third kappa shape index (κ3) is 5.44. The molecule has 1 unspecified atom stereocenters. The molecule has 0 heterocycles. The van der Waals surface area contributed by atoms with Gasteiger partial charge in [0.15, 0.2) is 6.10 Å². The number of rotatable bonds is 5. The average molecular weight is 367 g/mol. The number of hydrogen-bond acceptors (Lipinski definition) is 3. The Kier molecular flexibility index (Phi) is 6.06. The van der Waals surface area contributed by atoms with Crippen molar-refractivity contribution in [2.45, 2.75) is 20.0 Å². The Hall–Kier alpha value is -2.24. The van der Waals surface area contributed by atoms with Gasteiger partial charge in [-0.05, 0) is 43.3 Å². The van der Waals surface area contributed by atoms with E-state index in [1.807, 2.05) is 0 Å². The van der Waals surface area contributed by atoms with Gasteiger partial charge in [0.2, 0.25) is 5.91 Å². The van der Waals surface area contributed by atoms with Crippen molar-refractivity contribution < 1.29 is 14.3 Å². The minimum atomic E-state index is -0.760. The average Bonchev–Trinajstić information content (AvgIpc) is 2.45. The van der Waals surface area contributed by atoms with Crippen LogP contribution in [0.4, 0.5) is 11.4 Å². The number of carbonyl (C=O) groups is 2. The van der Waals surface area contributed by atoms with Crippen molar-refractivity contribution in [3.8, 4) is 5.75 Å². The van der Waals surface area contributed by atoms with Crippen molar-refractivity contribution >= 4 is 46.4 Å². The monoisotopic (exact) mass is 366 g/mol. The van der Waals surface area contributed by atoms with E-state index in [2.05, 4.69) is 10.6 Å². The molecule has 0 aromatic heterocycles. The van der Waals surface area contributed by atoms with E-state index in [4.69, 9.17) is 27.9 Å². The fourth-order valence-electron chi connectivity index (χ4n) is 1.98. The van der Waals surface area contributed by atoms with Gasteiger partial charge in [-0.25, -0.2) is 0 Å². The molecule has 126 valence electrons. The predicted octanol–water partition coefficient (Wildman–Crippen LogP) is 4.36. The van der Waals surface area contributed by atoms with Crippen LogP contribution in [0.25, 0.3) is 0 Å². The summed E-state index contributed by atoms with van der Waals surface area (Å²) in [6.45, 7) is 3.03. The summed E-state index contributed by atoms with van der Waals surface area (Å²) in [6.07, 6.45) is -0.760. The molecule has 2 aromatic rings. The number of benzene rings is 2. The summed E-state index contributed by atoms with van der Waals surface area (Å²) in [7, 11) is 0. The van der Waals surface area contributed by atoms with Gasteiger partial charge in [0.05, 0.1) is 0 Å². The van der Waals surface area contributed by atoms with Crippen LogP contribution < -0.4 is 15.4 Å². The molecule has 1 atom stereocenters. The lowest BCUT2D eigenvalue weighted by atomic mass is 10.2. The van der Waals surface area contributed by atoms with E-state index in [-0.39, 0.29) is 11.8 Å². The molecular formula is C17H16Cl2N2O3. The van der Waals surface area contributed by atoms with E-state index < -0.39 is 6.10 Å². The minimum Gasteiger partial charge on any atom is -0.481 e. The molecule has 0 aliphatic carbocycles. The minimum absolute atomic E-state index is 0.187. The van der Waals surface area contributed by atoms with Crippen LogP contribution >= 0.6 is 23.2 Å². The van der Waals surface area contributed by atoms with Crippen molar-refractivity contribution in [3.05, 3.63) is 52.5 Å². The zero-order chi connectivity index (χ0) is 17.7. The fourth-order valence-corrected chi connectivity index (χ4v) is 2.48. The van der Waals surface area contributed by atoms with Gasteiger partial charge in [0.25, 0.3) is 5.91 Å². The number of halogens is 2. The van der Waals surface area contributed by atoms with Crippen LogP contribution in [0, 0.1) is 0 Å². The Morgan fingerprint density at radius 1 is 1.00 bits per heavy atom. The molecule has 0 aliphatic heterocycles. The van der Waals surface area contributed by atoms with Gasteiger partial charge in [-0.15, -0.1) is 0 Å². The summed E-state index contributed by atoms with van der Waals surface area (Å²) in [5, 5.41) is 6.22. The maximum absolute atomic E-state index is 12.2. The van der Waals surface area contributed by atoms with Gasteiger partial charge < -0.3 is 15.4 Å². The van der Waals surface area contributed by atoms with Crippen LogP contribution in [0.2, 0.25) is 10.0 Å². The van der Waals surface area contributed by atoms with Gasteiger partial charge in [0.1, 0.15) is 5.75 Å². The van der Waals surface area contributed by atoms with E-state index >= 15 is 0 Å². The van der Waals surface area contributed by atoms with Gasteiger partial charge in [0, 0.05) is 28.3 Å². The smallest absolute Gasteiger partial charge is 0.265 e. The molecule has 0 saturated carbocycles. The van der Waals surface area contributed by atoms with Crippen LogP contribution in [-0.4, -0.2) is 17.9 Å². The first-order chi connectivity index (χ1) is 11.3. The highest BCUT2D eigenvalue weighted by Crippen LogP contribution is 2.25. The summed E-state index contributed by atoms with van der Waals surface area (Å²) in [4.78, 5) is 23.3. The van der Waals surface area contributed by atoms with Crippen molar-refractivity contribution in [1.29, 1.82) is 0 Å². The standard InChI is InChI=1S/C17H16Cl2N2O3/c1-10(24-16-7-12(18)6-13(19)8-16)17(23)21-15-5-3-4-14(9-15)20-11(2)22/h3-10H,1-2H3,(H,20,22)(H,21,23). The van der Waals surface area contributed by atoms with Gasteiger partial charge in [-0.2, -0.15) is 0 Å². The quantitative estimate of drug-likeness (QED) is 0.825. The first-order valence-electron chi connectivity index (χ1n) is 7.15. The van der Waals surface area contributed by atoms with Crippen LogP contribution in [0.1, 0.15) is 13.8 Å². The lowest BCUT2D eigenvalue weighted by Crippen LogP contribution is -2.30. The second-order valence-electron chi connectivity index (χ2n) is 5.12. The Labute approximate surface area is 149 Å². The number of anilines is 2. The molecule has 2 aromatic carbocycles. The molecule has 0 fully saturated rings. The Bertz CT molecular complexity index is 745. The molecule has 0 radical (unpaired) electrons. The number of carbonyl (C=O) groups excluding carboxylic acids is 2. The molecular weight excluding hydrogens is 351 g/mol. The molecule has 7 heteroatoms. The second kappa shape index (κ2) is 8.04. The van der Waals surface area contributed by atoms with Crippen LogP contribution in [0.5, 0.6) is 5.75 Å². The Morgan fingerprint density at radius 3 is 2.17 bits per heavy atom. The highest BCUT2D eigenvalue weighted by Gasteiger charge is 2.15. The Balaban J connectivity index is 2.02. The van der Waals surface area contributed by atoms with Crippen molar-refractivity contribution in [1.82, 2.24) is 0 Å². The van der Waals surface area contributed by atoms with Gasteiger partial charge in [-0.1, -0.05) is 29.3 Å². The van der Waals surface area contributed by atoms with Crippen molar-refractivity contribution in [2.24, 2.45) is 0 Å². The van der Waals surface area contributed by atoms with Crippen molar-refractivity contribution in [3.63, 3.8) is 0 Å². The zero-order valence-corrected chi connectivity index (χ0v) is 14.6. The fraction of sp³-hybridized carbons (Fsp3) is 0.176. The first kappa shape index (κ1) is 18.1. The third-order valence-corrected chi connectivity index (χ3v) is 3.41. The molecule has 24 heavy (non-hydrogen) atoms. The molecule has 5 nitrogen and oxygen atoms in total. The molecule has 2 amide bonds. The van der Waals surface area contributed by atoms with E-state index in [0.717, 1.165) is 0 Å². The van der Waals surface area contributed by atoms with Crippen LogP contribution in [0.3, 0.4) is 0 Å². The topological polar surface area (TPSA) is 67.4 Å². The van der Waals surface area contributed by atoms with E-state index in [9.17, 15) is 9.59 Å². The predicted molar refractivity (Wildman–Crippen MR) is 95.9 cm³/mol. The van der Waals surface area contributed by atoms with Gasteiger partial charge >= 0.3 is 0 Å². The number of ether oxygens (including phenoxy) is 1. The lowest BCUT2D eigenvalue weighted by molar-refractivity contribution is -0.122. The van der Waals surface area contributed by atoms with Gasteiger partial charge in [-0.3, -0.25) is 9.59 Å². The highest BCUT2D eigenvalue weighted by molar-refractivity contribution is 6.34. The third-order valence-electron chi connectivity index (χ3n) is 2.97. The van der Waals surface area contributed by atoms with E-state index in [1.165, 1.54) is 6.92 Å². The normalized spacial score (nSPS) is 11.5. The summed E-state index contributed by atoms with van der Waals surface area (Å²) < 4.78 is 5.55. The molecule has 2 N–H and O–H groups in total. The molecule has 2 rings (SSSR count). The number of nitrogens with one attached hydrogen (secondary N) is 2. The maximum Gasteiger partial charge on any atom is 0.265 e. The summed E-state index contributed by atoms with van der Waals surface area (Å²) in [6, 6.07) is 11.6. The summed E-state index contributed by atoms with van der Waals surface area (Å²) in [5.41, 5.74) is 1.14. The first-order valence-corrected chi connectivity index (χ1v) is 7.90. The van der Waals surface area contributed by atoms with Crippen LogP contribution in [0.15, 0.2) is 42.5 Å². The summed E-state index contributed by atoms with van der Waals surface area (Å²) in [5.74, 6) is -0.124. The lowest BCUT2D eigenvalue weighted by Gasteiger charge is -2.15. The maximum atomic E-state index is 12.2. The molecule has 0 aliphatic rings. The highest BCUT2D eigenvalue weighted by atomic mass is 35.5. The van der Waals surface area contributed by atoms with E-state index in [0.29, 0.717) is 27.2 Å². The second-order valence-corrected chi connectivity index (χ2v) is 5.99. The number of amides is 2. The van der Waals surface area contributed by atoms with E-state index in [1.54, 1.807) is 49.4 Å². The molecule has 0 spiro atoms. The van der Waals surface area contributed by atoms with Crippen molar-refractivity contribution in [2.75, 3.05) is 10.6 Å². The molecule has 0 bridgehead atoms. The number of hydrogen-bond donors (Lipinski definition) is 2. The van der Waals surface area contributed by atoms with Crippen LogP contribution in [-0.2, 0) is 9.59 Å². The SMILES string of the molecule is CC(=O)Nc1cccc(NC(=O)C(C)Oc2cc(Cl)cc(Cl)c2)c1.